The van der Waals surface area contributed by atoms with Gasteiger partial charge in [0.25, 0.3) is 0 Å². The molecule has 80 valence electrons. The maximum atomic E-state index is 6.03. The van der Waals surface area contributed by atoms with Crippen LogP contribution in [0.2, 0.25) is 0 Å². The Morgan fingerprint density at radius 2 is 2.21 bits per heavy atom. The fraction of sp³-hybridized carbons (Fsp3) is 0.727. The lowest BCUT2D eigenvalue weighted by Gasteiger charge is -2.16. The van der Waals surface area contributed by atoms with E-state index in [2.05, 4.69) is 30.3 Å². The van der Waals surface area contributed by atoms with Gasteiger partial charge in [-0.05, 0) is 12.3 Å². The summed E-state index contributed by atoms with van der Waals surface area (Å²) in [5.41, 5.74) is 7.29. The van der Waals surface area contributed by atoms with Crippen molar-refractivity contribution in [3.8, 4) is 0 Å². The van der Waals surface area contributed by atoms with Crippen molar-refractivity contribution in [2.75, 3.05) is 0 Å². The van der Waals surface area contributed by atoms with Gasteiger partial charge in [-0.2, -0.15) is 0 Å². The van der Waals surface area contributed by atoms with E-state index in [0.29, 0.717) is 5.92 Å². The molecule has 0 aliphatic rings. The highest BCUT2D eigenvalue weighted by atomic mass is 15.0. The van der Waals surface area contributed by atoms with Gasteiger partial charge in [0.05, 0.1) is 6.33 Å². The van der Waals surface area contributed by atoms with E-state index in [4.69, 9.17) is 5.73 Å². The Morgan fingerprint density at radius 3 is 2.79 bits per heavy atom. The van der Waals surface area contributed by atoms with Crippen LogP contribution < -0.4 is 5.73 Å². The summed E-state index contributed by atoms with van der Waals surface area (Å²) in [6.07, 6.45) is 5.89. The molecule has 0 aliphatic heterocycles. The molecule has 0 fully saturated rings. The van der Waals surface area contributed by atoms with E-state index in [-0.39, 0.29) is 6.04 Å². The molecule has 1 rings (SSSR count). The van der Waals surface area contributed by atoms with E-state index in [0.717, 1.165) is 19.4 Å². The maximum absolute atomic E-state index is 6.03. The Kier molecular flexibility index (Phi) is 4.14. The molecule has 0 amide bonds. The van der Waals surface area contributed by atoms with Gasteiger partial charge in [0.15, 0.2) is 0 Å². The smallest absolute Gasteiger partial charge is 0.0948 e. The summed E-state index contributed by atoms with van der Waals surface area (Å²) in [5, 5.41) is 0. The third kappa shape index (κ3) is 2.84. The van der Waals surface area contributed by atoms with Gasteiger partial charge in [0.2, 0.25) is 0 Å². The zero-order valence-corrected chi connectivity index (χ0v) is 9.40. The minimum Gasteiger partial charge on any atom is -0.335 e. The minimum absolute atomic E-state index is 0.238. The summed E-state index contributed by atoms with van der Waals surface area (Å²) in [6, 6.07) is 0.238. The van der Waals surface area contributed by atoms with Crippen molar-refractivity contribution in [3.05, 3.63) is 18.2 Å². The first-order valence-electron chi connectivity index (χ1n) is 5.39. The lowest BCUT2D eigenvalue weighted by molar-refractivity contribution is 0.476. The molecule has 3 nitrogen and oxygen atoms in total. The maximum Gasteiger partial charge on any atom is 0.0948 e. The van der Waals surface area contributed by atoms with Crippen LogP contribution in [0.3, 0.4) is 0 Å². The van der Waals surface area contributed by atoms with Crippen molar-refractivity contribution in [3.63, 3.8) is 0 Å². The molecule has 3 heteroatoms. The molecule has 1 unspecified atom stereocenters. The minimum atomic E-state index is 0.238. The van der Waals surface area contributed by atoms with Crippen molar-refractivity contribution >= 4 is 0 Å². The summed E-state index contributed by atoms with van der Waals surface area (Å²) >= 11 is 0. The monoisotopic (exact) mass is 195 g/mol. The van der Waals surface area contributed by atoms with Gasteiger partial charge in [-0.25, -0.2) is 4.98 Å². The van der Waals surface area contributed by atoms with Crippen molar-refractivity contribution in [2.45, 2.75) is 46.2 Å². The van der Waals surface area contributed by atoms with E-state index >= 15 is 0 Å². The number of nitrogens with zero attached hydrogens (tertiary/aromatic N) is 2. The molecule has 0 radical (unpaired) electrons. The first kappa shape index (κ1) is 11.2. The molecule has 1 heterocycles. The normalized spacial score (nSPS) is 13.5. The van der Waals surface area contributed by atoms with Gasteiger partial charge in [-0.15, -0.1) is 0 Å². The fourth-order valence-electron chi connectivity index (χ4n) is 1.44. The average Bonchev–Trinajstić information content (AvgIpc) is 2.53. The number of aryl methyl sites for hydroxylation is 1. The molecule has 0 saturated heterocycles. The number of hydrogen-bond acceptors (Lipinski definition) is 2. The second-order valence-electron chi connectivity index (χ2n) is 4.19. The third-order valence-electron chi connectivity index (χ3n) is 2.56. The molecule has 0 spiro atoms. The molecule has 2 N–H and O–H groups in total. The average molecular weight is 195 g/mol. The van der Waals surface area contributed by atoms with Gasteiger partial charge in [-0.1, -0.05) is 20.8 Å². The molecule has 0 bridgehead atoms. The Labute approximate surface area is 86.3 Å². The molecule has 1 atom stereocenters. The summed E-state index contributed by atoms with van der Waals surface area (Å²) in [6.45, 7) is 7.53. The lowest BCUT2D eigenvalue weighted by atomic mass is 10.0. The van der Waals surface area contributed by atoms with Gasteiger partial charge in [-0.3, -0.25) is 0 Å². The van der Waals surface area contributed by atoms with E-state index in [1.54, 1.807) is 0 Å². The third-order valence-corrected chi connectivity index (χ3v) is 2.56. The summed E-state index contributed by atoms with van der Waals surface area (Å²) in [5.74, 6) is 0.528. The summed E-state index contributed by atoms with van der Waals surface area (Å²) in [4.78, 5) is 4.16. The predicted molar refractivity (Wildman–Crippen MR) is 59.0 cm³/mol. The van der Waals surface area contributed by atoms with Crippen LogP contribution in [-0.4, -0.2) is 15.6 Å². The molecular formula is C11H21N3. The Balaban J connectivity index is 2.61. The number of aromatic nitrogens is 2. The van der Waals surface area contributed by atoms with Crippen LogP contribution in [0, 0.1) is 5.92 Å². The summed E-state index contributed by atoms with van der Waals surface area (Å²) in [7, 11) is 0. The van der Waals surface area contributed by atoms with Gasteiger partial charge in [0, 0.05) is 30.9 Å². The zero-order valence-electron chi connectivity index (χ0n) is 9.40. The van der Waals surface area contributed by atoms with Crippen molar-refractivity contribution in [2.24, 2.45) is 11.7 Å². The molecule has 0 saturated carbocycles. The Bertz CT molecular complexity index is 265. The van der Waals surface area contributed by atoms with Crippen LogP contribution in [0.4, 0.5) is 0 Å². The molecule has 0 aromatic carbocycles. The predicted octanol–water partition coefficient (Wildman–Crippen LogP) is 1.82. The second kappa shape index (κ2) is 5.15. The highest BCUT2D eigenvalue weighted by Crippen LogP contribution is 2.08. The lowest BCUT2D eigenvalue weighted by Crippen LogP contribution is -2.29. The highest BCUT2D eigenvalue weighted by molar-refractivity contribution is 5.01. The SMILES string of the molecule is CCCn1cncc1CC(N)C(C)C. The van der Waals surface area contributed by atoms with E-state index in [1.165, 1.54) is 5.69 Å². The van der Waals surface area contributed by atoms with E-state index in [1.807, 2.05) is 12.5 Å². The molecule has 0 aliphatic carbocycles. The van der Waals surface area contributed by atoms with Crippen LogP contribution >= 0.6 is 0 Å². The number of imidazole rings is 1. The van der Waals surface area contributed by atoms with Crippen LogP contribution in [-0.2, 0) is 13.0 Å². The van der Waals surface area contributed by atoms with E-state index < -0.39 is 0 Å². The second-order valence-corrected chi connectivity index (χ2v) is 4.19. The topological polar surface area (TPSA) is 43.8 Å². The van der Waals surface area contributed by atoms with Crippen LogP contribution in [0.5, 0.6) is 0 Å². The molecule has 1 aromatic heterocycles. The largest absolute Gasteiger partial charge is 0.335 e. The Morgan fingerprint density at radius 1 is 1.50 bits per heavy atom. The highest BCUT2D eigenvalue weighted by Gasteiger charge is 2.11. The van der Waals surface area contributed by atoms with Crippen molar-refractivity contribution in [1.29, 1.82) is 0 Å². The van der Waals surface area contributed by atoms with Crippen LogP contribution in [0.15, 0.2) is 12.5 Å². The van der Waals surface area contributed by atoms with Crippen LogP contribution in [0.1, 0.15) is 32.9 Å². The van der Waals surface area contributed by atoms with Gasteiger partial charge in [0.1, 0.15) is 0 Å². The van der Waals surface area contributed by atoms with Gasteiger partial charge < -0.3 is 10.3 Å². The number of rotatable bonds is 5. The first-order chi connectivity index (χ1) is 6.65. The molecule has 14 heavy (non-hydrogen) atoms. The Hall–Kier alpha value is -0.830. The zero-order chi connectivity index (χ0) is 10.6. The van der Waals surface area contributed by atoms with Crippen molar-refractivity contribution in [1.82, 2.24) is 9.55 Å². The first-order valence-corrected chi connectivity index (χ1v) is 5.39. The number of nitrogens with two attached hydrogens (primary N) is 1. The van der Waals surface area contributed by atoms with E-state index in [9.17, 15) is 0 Å². The number of hydrogen-bond donors (Lipinski definition) is 1. The standard InChI is InChI=1S/C11H21N3/c1-4-5-14-8-13-7-10(14)6-11(12)9(2)3/h7-9,11H,4-6,12H2,1-3H3. The quantitative estimate of drug-likeness (QED) is 0.779. The van der Waals surface area contributed by atoms with Gasteiger partial charge >= 0.3 is 0 Å². The molecule has 1 aromatic rings. The van der Waals surface area contributed by atoms with Crippen LogP contribution in [0.25, 0.3) is 0 Å². The fourth-order valence-corrected chi connectivity index (χ4v) is 1.44. The molecular weight excluding hydrogens is 174 g/mol. The van der Waals surface area contributed by atoms with Crippen molar-refractivity contribution < 1.29 is 0 Å². The summed E-state index contributed by atoms with van der Waals surface area (Å²) < 4.78 is 2.20.